The quantitative estimate of drug-likeness (QED) is 0.477. The number of aromatic hydroxyl groups is 1. The first-order valence-electron chi connectivity index (χ1n) is 10.4. The lowest BCUT2D eigenvalue weighted by molar-refractivity contribution is 0.454. The zero-order valence-electron chi connectivity index (χ0n) is 17.0. The fraction of sp³-hybridized carbons (Fsp3) is 0.200. The van der Waals surface area contributed by atoms with Crippen LogP contribution in [0.3, 0.4) is 0 Å². The summed E-state index contributed by atoms with van der Waals surface area (Å²) in [5, 5.41) is 24.0. The number of aromatic nitrogens is 2. The van der Waals surface area contributed by atoms with Crippen LogP contribution in [-0.2, 0) is 6.42 Å². The number of pyridine rings is 1. The summed E-state index contributed by atoms with van der Waals surface area (Å²) in [5.41, 5.74) is 5.05. The highest BCUT2D eigenvalue weighted by atomic mass is 16.3. The molecule has 1 aliphatic heterocycles. The molecule has 3 heterocycles. The Morgan fingerprint density at radius 2 is 2.00 bits per heavy atom. The van der Waals surface area contributed by atoms with Crippen LogP contribution < -0.4 is 10.2 Å². The average Bonchev–Trinajstić information content (AvgIpc) is 3.15. The van der Waals surface area contributed by atoms with E-state index in [1.54, 1.807) is 18.2 Å². The molecule has 0 radical (unpaired) electrons. The molecule has 0 bridgehead atoms. The number of benzene rings is 2. The van der Waals surface area contributed by atoms with Gasteiger partial charge in [0.25, 0.3) is 0 Å². The second-order valence-electron chi connectivity index (χ2n) is 7.91. The summed E-state index contributed by atoms with van der Waals surface area (Å²) in [6.07, 6.45) is 2.76. The molecule has 31 heavy (non-hydrogen) atoms. The number of fused-ring (bicyclic) bond motifs is 1. The van der Waals surface area contributed by atoms with E-state index in [0.717, 1.165) is 42.5 Å². The molecule has 4 aromatic rings. The summed E-state index contributed by atoms with van der Waals surface area (Å²) >= 11 is 0. The number of para-hydroxylation sites is 1. The van der Waals surface area contributed by atoms with E-state index < -0.39 is 0 Å². The van der Waals surface area contributed by atoms with Gasteiger partial charge in [-0.3, -0.25) is 4.98 Å². The normalized spacial score (nSPS) is 16.4. The lowest BCUT2D eigenvalue weighted by Gasteiger charge is -2.35. The third kappa shape index (κ3) is 3.83. The minimum atomic E-state index is 0.0674. The van der Waals surface area contributed by atoms with Crippen molar-refractivity contribution >= 4 is 16.6 Å². The Morgan fingerprint density at radius 1 is 1.13 bits per heavy atom. The number of nitriles is 1. The van der Waals surface area contributed by atoms with Gasteiger partial charge in [-0.15, -0.1) is 0 Å². The van der Waals surface area contributed by atoms with Gasteiger partial charge in [0, 0.05) is 48.5 Å². The summed E-state index contributed by atoms with van der Waals surface area (Å²) in [6, 6.07) is 22.3. The minimum absolute atomic E-state index is 0.0674. The molecule has 3 N–H and O–H groups in total. The van der Waals surface area contributed by atoms with E-state index in [1.165, 1.54) is 5.69 Å². The predicted octanol–water partition coefficient (Wildman–Crippen LogP) is 3.83. The number of hydrogen-bond acceptors (Lipinski definition) is 5. The van der Waals surface area contributed by atoms with Gasteiger partial charge in [0.1, 0.15) is 0 Å². The molecule has 0 spiro atoms. The van der Waals surface area contributed by atoms with Gasteiger partial charge >= 0.3 is 0 Å². The van der Waals surface area contributed by atoms with Gasteiger partial charge in [0.05, 0.1) is 22.9 Å². The van der Waals surface area contributed by atoms with Gasteiger partial charge < -0.3 is 20.3 Å². The molecule has 1 saturated heterocycles. The number of nitrogens with zero attached hydrogens (tertiary/aromatic N) is 3. The summed E-state index contributed by atoms with van der Waals surface area (Å²) in [5.74, 6) is 0.0674. The van der Waals surface area contributed by atoms with Crippen LogP contribution in [-0.4, -0.2) is 40.8 Å². The van der Waals surface area contributed by atoms with E-state index in [1.807, 2.05) is 18.3 Å². The maximum Gasteiger partial charge on any atom is 0.199 e. The van der Waals surface area contributed by atoms with Gasteiger partial charge in [-0.05, 0) is 48.4 Å². The lowest BCUT2D eigenvalue weighted by Crippen LogP contribution is -2.51. The fourth-order valence-electron chi connectivity index (χ4n) is 4.32. The molecule has 1 atom stereocenters. The SMILES string of the molecule is N#Cc1ccc2[nH]c(O)c(-c3ccc(CC4CN(c5ccccc5)CCN4)cn3)c2c1. The largest absolute Gasteiger partial charge is 0.494 e. The van der Waals surface area contributed by atoms with E-state index >= 15 is 0 Å². The molecular formula is C25H23N5O. The summed E-state index contributed by atoms with van der Waals surface area (Å²) < 4.78 is 0. The third-order valence-electron chi connectivity index (χ3n) is 5.85. The van der Waals surface area contributed by atoms with Crippen LogP contribution >= 0.6 is 0 Å². The molecule has 2 aromatic heterocycles. The number of nitrogens with one attached hydrogen (secondary N) is 2. The Kier molecular flexibility index (Phi) is 5.03. The lowest BCUT2D eigenvalue weighted by atomic mass is 10.0. The van der Waals surface area contributed by atoms with Crippen molar-refractivity contribution in [3.05, 3.63) is 78.0 Å². The first-order chi connectivity index (χ1) is 15.2. The zero-order valence-corrected chi connectivity index (χ0v) is 17.0. The maximum absolute atomic E-state index is 10.4. The molecule has 0 aliphatic carbocycles. The molecule has 2 aromatic carbocycles. The van der Waals surface area contributed by atoms with Crippen LogP contribution in [0.4, 0.5) is 5.69 Å². The van der Waals surface area contributed by atoms with Gasteiger partial charge in [0.15, 0.2) is 5.88 Å². The Labute approximate surface area is 180 Å². The smallest absolute Gasteiger partial charge is 0.199 e. The molecule has 5 rings (SSSR count). The van der Waals surface area contributed by atoms with Gasteiger partial charge in [-0.1, -0.05) is 24.3 Å². The molecule has 1 unspecified atom stereocenters. The van der Waals surface area contributed by atoms with Gasteiger partial charge in [0.2, 0.25) is 0 Å². The topological polar surface area (TPSA) is 88.0 Å². The second-order valence-corrected chi connectivity index (χ2v) is 7.91. The number of anilines is 1. The van der Waals surface area contributed by atoms with Crippen molar-refractivity contribution in [1.29, 1.82) is 5.26 Å². The Balaban J connectivity index is 1.35. The molecule has 6 nitrogen and oxygen atoms in total. The van der Waals surface area contributed by atoms with Crippen molar-refractivity contribution in [3.63, 3.8) is 0 Å². The minimum Gasteiger partial charge on any atom is -0.494 e. The van der Waals surface area contributed by atoms with Gasteiger partial charge in [-0.2, -0.15) is 5.26 Å². The highest BCUT2D eigenvalue weighted by molar-refractivity contribution is 5.98. The monoisotopic (exact) mass is 409 g/mol. The van der Waals surface area contributed by atoms with E-state index in [9.17, 15) is 10.4 Å². The second kappa shape index (κ2) is 8.13. The van der Waals surface area contributed by atoms with Crippen molar-refractivity contribution in [2.45, 2.75) is 12.5 Å². The van der Waals surface area contributed by atoms with Crippen molar-refractivity contribution in [2.24, 2.45) is 0 Å². The molecule has 6 heteroatoms. The van der Waals surface area contributed by atoms with Crippen LogP contribution in [0.15, 0.2) is 66.9 Å². The molecular weight excluding hydrogens is 386 g/mol. The zero-order chi connectivity index (χ0) is 21.2. The van der Waals surface area contributed by atoms with Crippen molar-refractivity contribution in [2.75, 3.05) is 24.5 Å². The number of hydrogen-bond donors (Lipinski definition) is 3. The van der Waals surface area contributed by atoms with Crippen LogP contribution in [0.2, 0.25) is 0 Å². The standard InChI is InChI=1S/C25H23N5O/c26-14-17-6-8-22-21(13-17)24(25(31)29-22)23-9-7-18(15-28-23)12-19-16-30(11-10-27-19)20-4-2-1-3-5-20/h1-9,13,15,19,27,29,31H,10-12,16H2. The van der Waals surface area contributed by atoms with Crippen LogP contribution in [0.25, 0.3) is 22.2 Å². The van der Waals surface area contributed by atoms with E-state index in [-0.39, 0.29) is 5.88 Å². The molecule has 154 valence electrons. The highest BCUT2D eigenvalue weighted by Crippen LogP contribution is 2.36. The number of rotatable bonds is 4. The van der Waals surface area contributed by atoms with Gasteiger partial charge in [-0.25, -0.2) is 0 Å². The van der Waals surface area contributed by atoms with E-state index in [2.05, 4.69) is 56.6 Å². The Bertz CT molecular complexity index is 1240. The highest BCUT2D eigenvalue weighted by Gasteiger charge is 2.20. The number of H-pyrrole nitrogens is 1. The van der Waals surface area contributed by atoms with E-state index in [0.29, 0.717) is 22.9 Å². The van der Waals surface area contributed by atoms with Crippen LogP contribution in [0.1, 0.15) is 11.1 Å². The third-order valence-corrected chi connectivity index (χ3v) is 5.85. The van der Waals surface area contributed by atoms with Crippen molar-refractivity contribution < 1.29 is 5.11 Å². The molecule has 0 saturated carbocycles. The fourth-order valence-corrected chi connectivity index (χ4v) is 4.32. The average molecular weight is 409 g/mol. The number of piperazine rings is 1. The predicted molar refractivity (Wildman–Crippen MR) is 122 cm³/mol. The maximum atomic E-state index is 10.4. The first-order valence-corrected chi connectivity index (χ1v) is 10.4. The molecule has 0 amide bonds. The van der Waals surface area contributed by atoms with Crippen LogP contribution in [0.5, 0.6) is 5.88 Å². The van der Waals surface area contributed by atoms with Crippen molar-refractivity contribution in [3.8, 4) is 23.2 Å². The summed E-state index contributed by atoms with van der Waals surface area (Å²) in [7, 11) is 0. The summed E-state index contributed by atoms with van der Waals surface area (Å²) in [6.45, 7) is 2.91. The Morgan fingerprint density at radius 3 is 2.77 bits per heavy atom. The molecule has 1 fully saturated rings. The first kappa shape index (κ1) is 19.2. The summed E-state index contributed by atoms with van der Waals surface area (Å²) in [4.78, 5) is 10.0. The van der Waals surface area contributed by atoms with Crippen molar-refractivity contribution in [1.82, 2.24) is 15.3 Å². The Hall–Kier alpha value is -3.82. The van der Waals surface area contributed by atoms with E-state index in [4.69, 9.17) is 0 Å². The molecule has 1 aliphatic rings. The number of aromatic amines is 1. The van der Waals surface area contributed by atoms with Crippen LogP contribution in [0, 0.1) is 11.3 Å².